The van der Waals surface area contributed by atoms with Crippen molar-refractivity contribution in [3.8, 4) is 0 Å². The van der Waals surface area contributed by atoms with Crippen LogP contribution in [-0.2, 0) is 11.3 Å². The number of hydrogen-bond donors (Lipinski definition) is 1. The number of fused-ring (bicyclic) bond motifs is 1. The molecule has 0 aliphatic carbocycles. The maximum atomic E-state index is 12.1. The summed E-state index contributed by atoms with van der Waals surface area (Å²) in [6.07, 6.45) is 3.89. The lowest BCUT2D eigenvalue weighted by molar-refractivity contribution is -0.129. The molecule has 4 rings (SSSR count). The number of hydrogen-bond acceptors (Lipinski definition) is 4. The van der Waals surface area contributed by atoms with Gasteiger partial charge in [-0.3, -0.25) is 14.7 Å². The van der Waals surface area contributed by atoms with Crippen LogP contribution in [0.4, 0.5) is 0 Å². The van der Waals surface area contributed by atoms with Crippen molar-refractivity contribution >= 4 is 5.91 Å². The molecular weight excluding hydrogens is 338 g/mol. The van der Waals surface area contributed by atoms with Gasteiger partial charge in [-0.1, -0.05) is 30.3 Å². The van der Waals surface area contributed by atoms with E-state index in [0.29, 0.717) is 19.5 Å². The van der Waals surface area contributed by atoms with Gasteiger partial charge in [0.15, 0.2) is 0 Å². The van der Waals surface area contributed by atoms with Gasteiger partial charge in [-0.05, 0) is 29.7 Å². The van der Waals surface area contributed by atoms with Crippen LogP contribution in [0.15, 0.2) is 54.9 Å². The fourth-order valence-electron chi connectivity index (χ4n) is 4.80. The highest BCUT2D eigenvalue weighted by Gasteiger charge is 2.47. The molecule has 5 heteroatoms. The molecule has 1 aromatic heterocycles. The van der Waals surface area contributed by atoms with E-state index in [9.17, 15) is 9.90 Å². The summed E-state index contributed by atoms with van der Waals surface area (Å²) < 4.78 is 0. The molecule has 0 spiro atoms. The number of aromatic nitrogens is 1. The third-order valence-electron chi connectivity index (χ3n) is 6.16. The van der Waals surface area contributed by atoms with E-state index in [1.807, 2.05) is 35.5 Å². The van der Waals surface area contributed by atoms with Gasteiger partial charge in [0.2, 0.25) is 5.91 Å². The molecule has 27 heavy (non-hydrogen) atoms. The summed E-state index contributed by atoms with van der Waals surface area (Å²) in [6.45, 7) is 4.65. The van der Waals surface area contributed by atoms with Crippen LogP contribution in [0.2, 0.25) is 0 Å². The van der Waals surface area contributed by atoms with Crippen LogP contribution >= 0.6 is 0 Å². The highest BCUT2D eigenvalue weighted by atomic mass is 16.3. The number of amides is 1. The Balaban J connectivity index is 1.67. The summed E-state index contributed by atoms with van der Waals surface area (Å²) >= 11 is 0. The normalized spacial score (nSPS) is 28.6. The highest BCUT2D eigenvalue weighted by Crippen LogP contribution is 2.42. The molecule has 1 amide bonds. The van der Waals surface area contributed by atoms with Gasteiger partial charge in [-0.15, -0.1) is 0 Å². The van der Waals surface area contributed by atoms with Crippen LogP contribution in [0, 0.1) is 5.92 Å². The molecule has 142 valence electrons. The molecule has 2 fully saturated rings. The summed E-state index contributed by atoms with van der Waals surface area (Å²) in [7, 11) is 0. The molecule has 2 aromatic rings. The minimum Gasteiger partial charge on any atom is -0.393 e. The maximum Gasteiger partial charge on any atom is 0.219 e. The number of carbonyl (C=O) groups is 1. The number of benzene rings is 1. The number of aliphatic hydroxyl groups is 1. The SMILES string of the molecule is CC(=O)N1CC[C@@H](O)[C@@H]2[C@@H](C1)N(Cc1ccncc1)C[C@H]2c1ccccc1. The summed E-state index contributed by atoms with van der Waals surface area (Å²) in [5, 5.41) is 11.0. The van der Waals surface area contributed by atoms with E-state index in [2.05, 4.69) is 34.1 Å². The summed E-state index contributed by atoms with van der Waals surface area (Å²) in [4.78, 5) is 20.5. The van der Waals surface area contributed by atoms with Crippen molar-refractivity contribution in [2.75, 3.05) is 19.6 Å². The van der Waals surface area contributed by atoms with E-state index in [1.165, 1.54) is 11.1 Å². The topological polar surface area (TPSA) is 56.7 Å². The van der Waals surface area contributed by atoms with E-state index in [0.717, 1.165) is 13.1 Å². The molecule has 1 N–H and O–H groups in total. The van der Waals surface area contributed by atoms with Gasteiger partial charge in [-0.25, -0.2) is 0 Å². The molecule has 2 aliphatic rings. The number of aliphatic hydroxyl groups excluding tert-OH is 1. The fourth-order valence-corrected chi connectivity index (χ4v) is 4.80. The minimum atomic E-state index is -0.396. The van der Waals surface area contributed by atoms with E-state index in [4.69, 9.17) is 0 Å². The fraction of sp³-hybridized carbons (Fsp3) is 0.455. The highest BCUT2D eigenvalue weighted by molar-refractivity contribution is 5.73. The van der Waals surface area contributed by atoms with Crippen molar-refractivity contribution in [1.29, 1.82) is 0 Å². The van der Waals surface area contributed by atoms with Gasteiger partial charge in [0, 0.05) is 63.4 Å². The molecular formula is C22H27N3O2. The number of pyridine rings is 1. The van der Waals surface area contributed by atoms with Gasteiger partial charge in [0.25, 0.3) is 0 Å². The third-order valence-corrected chi connectivity index (χ3v) is 6.16. The molecule has 2 aliphatic heterocycles. The number of likely N-dealkylation sites (tertiary alicyclic amines) is 2. The molecule has 0 unspecified atom stereocenters. The van der Waals surface area contributed by atoms with Gasteiger partial charge in [0.1, 0.15) is 0 Å². The number of carbonyl (C=O) groups excluding carboxylic acids is 1. The van der Waals surface area contributed by atoms with Crippen LogP contribution < -0.4 is 0 Å². The lowest BCUT2D eigenvalue weighted by Gasteiger charge is -2.31. The Hall–Kier alpha value is -2.24. The summed E-state index contributed by atoms with van der Waals surface area (Å²) in [6, 6.07) is 14.7. The first kappa shape index (κ1) is 18.1. The second-order valence-corrected chi connectivity index (χ2v) is 7.77. The number of rotatable bonds is 3. The molecule has 0 bridgehead atoms. The number of nitrogens with zero attached hydrogens (tertiary/aromatic N) is 3. The Bertz CT molecular complexity index is 768. The van der Waals surface area contributed by atoms with E-state index in [1.54, 1.807) is 6.92 Å². The minimum absolute atomic E-state index is 0.0925. The maximum absolute atomic E-state index is 12.1. The first-order valence-corrected chi connectivity index (χ1v) is 9.75. The lowest BCUT2D eigenvalue weighted by atomic mass is 9.81. The van der Waals surface area contributed by atoms with Crippen LogP contribution in [-0.4, -0.2) is 57.6 Å². The first-order valence-electron chi connectivity index (χ1n) is 9.75. The zero-order valence-electron chi connectivity index (χ0n) is 15.7. The standard InChI is InChI=1S/C22H27N3O2/c1-16(26)24-12-9-21(27)22-19(18-5-3-2-4-6-18)14-25(20(22)15-24)13-17-7-10-23-11-8-17/h2-8,10-11,19-22,27H,9,12-15H2,1H3/t19-,20+,21+,22-/m0/s1. The van der Waals surface area contributed by atoms with Crippen LogP contribution in [0.1, 0.15) is 30.4 Å². The predicted molar refractivity (Wildman–Crippen MR) is 104 cm³/mol. The Morgan fingerprint density at radius 1 is 1.15 bits per heavy atom. The lowest BCUT2D eigenvalue weighted by Crippen LogP contribution is -2.44. The van der Waals surface area contributed by atoms with Crippen molar-refractivity contribution in [3.05, 3.63) is 66.0 Å². The van der Waals surface area contributed by atoms with Gasteiger partial charge in [-0.2, -0.15) is 0 Å². The molecule has 3 heterocycles. The van der Waals surface area contributed by atoms with Gasteiger partial charge in [0.05, 0.1) is 6.10 Å². The Morgan fingerprint density at radius 3 is 2.59 bits per heavy atom. The quantitative estimate of drug-likeness (QED) is 0.907. The first-order chi connectivity index (χ1) is 13.1. The molecule has 2 saturated heterocycles. The average Bonchev–Trinajstić information content (AvgIpc) is 2.94. The molecule has 0 radical (unpaired) electrons. The predicted octanol–water partition coefficient (Wildman–Crippen LogP) is 2.28. The second-order valence-electron chi connectivity index (χ2n) is 7.77. The Kier molecular flexibility index (Phi) is 5.23. The zero-order chi connectivity index (χ0) is 18.8. The van der Waals surface area contributed by atoms with Crippen molar-refractivity contribution in [3.63, 3.8) is 0 Å². The largest absolute Gasteiger partial charge is 0.393 e. The van der Waals surface area contributed by atoms with Crippen LogP contribution in [0.25, 0.3) is 0 Å². The summed E-state index contributed by atoms with van der Waals surface area (Å²) in [5.41, 5.74) is 2.49. The third kappa shape index (κ3) is 3.75. The monoisotopic (exact) mass is 365 g/mol. The van der Waals surface area contributed by atoms with Crippen molar-refractivity contribution in [2.45, 2.75) is 38.0 Å². The smallest absolute Gasteiger partial charge is 0.219 e. The molecule has 4 atom stereocenters. The van der Waals surface area contributed by atoms with Crippen molar-refractivity contribution in [1.82, 2.24) is 14.8 Å². The van der Waals surface area contributed by atoms with Crippen molar-refractivity contribution < 1.29 is 9.90 Å². The van der Waals surface area contributed by atoms with Gasteiger partial charge >= 0.3 is 0 Å². The second kappa shape index (κ2) is 7.79. The van der Waals surface area contributed by atoms with E-state index < -0.39 is 6.10 Å². The van der Waals surface area contributed by atoms with E-state index in [-0.39, 0.29) is 23.8 Å². The van der Waals surface area contributed by atoms with Crippen molar-refractivity contribution in [2.24, 2.45) is 5.92 Å². The average molecular weight is 365 g/mol. The summed E-state index contributed by atoms with van der Waals surface area (Å²) in [5.74, 6) is 0.508. The molecule has 5 nitrogen and oxygen atoms in total. The van der Waals surface area contributed by atoms with Crippen LogP contribution in [0.3, 0.4) is 0 Å². The molecule has 1 aromatic carbocycles. The Labute approximate surface area is 160 Å². The Morgan fingerprint density at radius 2 is 1.89 bits per heavy atom. The van der Waals surface area contributed by atoms with Gasteiger partial charge < -0.3 is 10.0 Å². The molecule has 0 saturated carbocycles. The van der Waals surface area contributed by atoms with E-state index >= 15 is 0 Å². The zero-order valence-corrected chi connectivity index (χ0v) is 15.7. The van der Waals surface area contributed by atoms with Crippen LogP contribution in [0.5, 0.6) is 0 Å².